The molecule has 0 heterocycles. The molecule has 0 saturated carbocycles. The van der Waals surface area contributed by atoms with Gasteiger partial charge in [-0.2, -0.15) is 5.26 Å². The molecule has 0 aliphatic carbocycles. The van der Waals surface area contributed by atoms with Crippen molar-refractivity contribution >= 4 is 17.6 Å². The molecule has 82 valence electrons. The fourth-order valence-electron chi connectivity index (χ4n) is 0.987. The van der Waals surface area contributed by atoms with Crippen molar-refractivity contribution in [2.24, 2.45) is 5.73 Å². The topological polar surface area (TPSA) is 108 Å². The molecule has 0 aliphatic heterocycles. The Balaban J connectivity index is 2.55. The van der Waals surface area contributed by atoms with E-state index in [1.54, 1.807) is 36.4 Å². The minimum absolute atomic E-state index is 0.557. The van der Waals surface area contributed by atoms with Crippen LogP contribution in [-0.4, -0.2) is 18.0 Å². The van der Waals surface area contributed by atoms with Gasteiger partial charge in [-0.3, -0.25) is 4.79 Å². The number of nitrogens with two attached hydrogens (primary N) is 1. The molecule has 0 fully saturated rings. The maximum absolute atomic E-state index is 11.3. The second kappa shape index (κ2) is 5.36. The highest BCUT2D eigenvalue weighted by Gasteiger charge is 2.16. The van der Waals surface area contributed by atoms with Crippen molar-refractivity contribution in [2.45, 2.75) is 6.04 Å². The van der Waals surface area contributed by atoms with Gasteiger partial charge in [0.25, 0.3) is 5.91 Å². The molecule has 0 aromatic heterocycles. The molecule has 6 nitrogen and oxygen atoms in total. The summed E-state index contributed by atoms with van der Waals surface area (Å²) in [6.45, 7) is 0. The number of hydrogen-bond donors (Lipinski definition) is 3. The van der Waals surface area contributed by atoms with Gasteiger partial charge in [0, 0.05) is 5.69 Å². The molecular weight excluding hydrogens is 208 g/mol. The van der Waals surface area contributed by atoms with Gasteiger partial charge in [-0.25, -0.2) is 4.79 Å². The molecule has 0 aliphatic rings. The van der Waals surface area contributed by atoms with Crippen LogP contribution in [0, 0.1) is 11.3 Å². The minimum atomic E-state index is -1.33. The molecule has 1 aromatic rings. The molecular formula is C10H10N4O2. The van der Waals surface area contributed by atoms with E-state index < -0.39 is 18.0 Å². The number of para-hydroxylation sites is 1. The average molecular weight is 218 g/mol. The zero-order valence-corrected chi connectivity index (χ0v) is 8.31. The Kier molecular flexibility index (Phi) is 3.86. The first-order valence-corrected chi connectivity index (χ1v) is 4.45. The van der Waals surface area contributed by atoms with E-state index >= 15 is 0 Å². The Morgan fingerprint density at radius 3 is 2.44 bits per heavy atom. The minimum Gasteiger partial charge on any atom is -0.367 e. The molecule has 6 heteroatoms. The molecule has 16 heavy (non-hydrogen) atoms. The summed E-state index contributed by atoms with van der Waals surface area (Å²) >= 11 is 0. The van der Waals surface area contributed by atoms with Crippen LogP contribution in [0.2, 0.25) is 0 Å². The lowest BCUT2D eigenvalue weighted by molar-refractivity contribution is -0.118. The van der Waals surface area contributed by atoms with Gasteiger partial charge >= 0.3 is 6.03 Å². The fraction of sp³-hybridized carbons (Fsp3) is 0.100. The van der Waals surface area contributed by atoms with E-state index in [1.165, 1.54) is 0 Å². The van der Waals surface area contributed by atoms with Crippen LogP contribution in [0.25, 0.3) is 0 Å². The number of carbonyl (C=O) groups is 2. The predicted molar refractivity (Wildman–Crippen MR) is 57.2 cm³/mol. The van der Waals surface area contributed by atoms with Crippen molar-refractivity contribution in [3.8, 4) is 6.07 Å². The summed E-state index contributed by atoms with van der Waals surface area (Å²) in [5.41, 5.74) is 5.44. The van der Waals surface area contributed by atoms with E-state index in [-0.39, 0.29) is 0 Å². The Morgan fingerprint density at radius 2 is 1.94 bits per heavy atom. The molecule has 0 spiro atoms. The SMILES string of the molecule is N#CC(NC(=O)Nc1ccccc1)C(N)=O. The van der Waals surface area contributed by atoms with Crippen molar-refractivity contribution in [1.29, 1.82) is 5.26 Å². The Labute approximate surface area is 92.0 Å². The van der Waals surface area contributed by atoms with Gasteiger partial charge in [-0.05, 0) is 12.1 Å². The van der Waals surface area contributed by atoms with Crippen molar-refractivity contribution in [3.05, 3.63) is 30.3 Å². The number of nitrogens with one attached hydrogen (secondary N) is 2. The van der Waals surface area contributed by atoms with Crippen LogP contribution in [0.15, 0.2) is 30.3 Å². The summed E-state index contributed by atoms with van der Waals surface area (Å²) in [5.74, 6) is -0.897. The summed E-state index contributed by atoms with van der Waals surface area (Å²) in [5, 5.41) is 13.1. The number of nitrogens with zero attached hydrogens (tertiary/aromatic N) is 1. The number of anilines is 1. The van der Waals surface area contributed by atoms with Gasteiger partial charge in [0.15, 0.2) is 6.04 Å². The van der Waals surface area contributed by atoms with Crippen LogP contribution in [0.5, 0.6) is 0 Å². The van der Waals surface area contributed by atoms with Crippen molar-refractivity contribution in [3.63, 3.8) is 0 Å². The summed E-state index contributed by atoms with van der Waals surface area (Å²) in [6.07, 6.45) is 0. The molecule has 0 bridgehead atoms. The highest BCUT2D eigenvalue weighted by Crippen LogP contribution is 2.04. The largest absolute Gasteiger partial charge is 0.367 e. The van der Waals surface area contributed by atoms with Gasteiger partial charge in [-0.15, -0.1) is 0 Å². The van der Waals surface area contributed by atoms with Crippen LogP contribution >= 0.6 is 0 Å². The molecule has 4 N–H and O–H groups in total. The first-order valence-electron chi connectivity index (χ1n) is 4.45. The number of primary amides is 1. The van der Waals surface area contributed by atoms with E-state index in [9.17, 15) is 9.59 Å². The lowest BCUT2D eigenvalue weighted by Gasteiger charge is -2.09. The van der Waals surface area contributed by atoms with Gasteiger partial charge in [0.1, 0.15) is 0 Å². The Bertz CT molecular complexity index is 424. The Hall–Kier alpha value is -2.55. The van der Waals surface area contributed by atoms with E-state index in [2.05, 4.69) is 10.6 Å². The predicted octanol–water partition coefficient (Wildman–Crippen LogP) is 0.186. The van der Waals surface area contributed by atoms with Crippen molar-refractivity contribution in [2.75, 3.05) is 5.32 Å². The average Bonchev–Trinajstić information content (AvgIpc) is 2.27. The van der Waals surface area contributed by atoms with Gasteiger partial charge in [-0.1, -0.05) is 18.2 Å². The van der Waals surface area contributed by atoms with E-state index in [0.29, 0.717) is 5.69 Å². The van der Waals surface area contributed by atoms with Crippen LogP contribution in [0.3, 0.4) is 0 Å². The highest BCUT2D eigenvalue weighted by atomic mass is 16.2. The summed E-state index contributed by atoms with van der Waals surface area (Å²) in [6, 6.07) is 8.21. The van der Waals surface area contributed by atoms with Crippen molar-refractivity contribution in [1.82, 2.24) is 5.32 Å². The van der Waals surface area contributed by atoms with Crippen LogP contribution in [0.4, 0.5) is 10.5 Å². The summed E-state index contributed by atoms with van der Waals surface area (Å²) in [7, 11) is 0. The first-order chi connectivity index (χ1) is 7.63. The molecule has 1 unspecified atom stereocenters. The van der Waals surface area contributed by atoms with Crippen LogP contribution < -0.4 is 16.4 Å². The van der Waals surface area contributed by atoms with Gasteiger partial charge in [0.2, 0.25) is 0 Å². The van der Waals surface area contributed by atoms with E-state index in [0.717, 1.165) is 0 Å². The smallest absolute Gasteiger partial charge is 0.320 e. The van der Waals surface area contributed by atoms with Gasteiger partial charge in [0.05, 0.1) is 6.07 Å². The maximum atomic E-state index is 11.3. The lowest BCUT2D eigenvalue weighted by atomic mass is 10.3. The molecule has 3 amide bonds. The van der Waals surface area contributed by atoms with Gasteiger partial charge < -0.3 is 16.4 Å². The third-order valence-electron chi connectivity index (χ3n) is 1.72. The summed E-state index contributed by atoms with van der Waals surface area (Å²) in [4.78, 5) is 22.0. The number of nitriles is 1. The molecule has 0 radical (unpaired) electrons. The number of benzene rings is 1. The standard InChI is InChI=1S/C10H10N4O2/c11-6-8(9(12)15)14-10(16)13-7-4-2-1-3-5-7/h1-5,8H,(H2,12,15)(H2,13,14,16). The quantitative estimate of drug-likeness (QED) is 0.673. The Morgan fingerprint density at radius 1 is 1.31 bits per heavy atom. The monoisotopic (exact) mass is 218 g/mol. The highest BCUT2D eigenvalue weighted by molar-refractivity contribution is 5.94. The molecule has 0 saturated heterocycles. The van der Waals surface area contributed by atoms with E-state index in [1.807, 2.05) is 0 Å². The number of carbonyl (C=O) groups excluding carboxylic acids is 2. The third-order valence-corrected chi connectivity index (χ3v) is 1.72. The summed E-state index contributed by atoms with van der Waals surface area (Å²) < 4.78 is 0. The normalized spacial score (nSPS) is 10.9. The fourth-order valence-corrected chi connectivity index (χ4v) is 0.987. The molecule has 1 atom stereocenters. The second-order valence-corrected chi connectivity index (χ2v) is 2.93. The van der Waals surface area contributed by atoms with Crippen LogP contribution in [-0.2, 0) is 4.79 Å². The zero-order chi connectivity index (χ0) is 12.0. The maximum Gasteiger partial charge on any atom is 0.320 e. The number of urea groups is 1. The molecule has 1 rings (SSSR count). The number of amides is 3. The van der Waals surface area contributed by atoms with E-state index in [4.69, 9.17) is 11.0 Å². The van der Waals surface area contributed by atoms with Crippen molar-refractivity contribution < 1.29 is 9.59 Å². The third kappa shape index (κ3) is 3.31. The van der Waals surface area contributed by atoms with Crippen LogP contribution in [0.1, 0.15) is 0 Å². The number of rotatable bonds is 3. The molecule has 1 aromatic carbocycles. The zero-order valence-electron chi connectivity index (χ0n) is 8.31. The second-order valence-electron chi connectivity index (χ2n) is 2.93. The lowest BCUT2D eigenvalue weighted by Crippen LogP contribution is -2.45. The first kappa shape index (κ1) is 11.5. The number of hydrogen-bond acceptors (Lipinski definition) is 3.